The van der Waals surface area contributed by atoms with Crippen molar-refractivity contribution in [2.24, 2.45) is 5.92 Å². The fourth-order valence-electron chi connectivity index (χ4n) is 3.18. The maximum atomic E-state index is 13.1. The topological polar surface area (TPSA) is 80.0 Å². The van der Waals surface area contributed by atoms with Gasteiger partial charge in [-0.05, 0) is 25.0 Å². The number of rotatable bonds is 3. The summed E-state index contributed by atoms with van der Waals surface area (Å²) in [5, 5.41) is 8.84. The molecule has 1 aromatic heterocycles. The van der Waals surface area contributed by atoms with Gasteiger partial charge in [0.05, 0.1) is 5.92 Å². The maximum Gasteiger partial charge on any atom is 0.393 e. The van der Waals surface area contributed by atoms with E-state index in [1.807, 2.05) is 0 Å². The van der Waals surface area contributed by atoms with Gasteiger partial charge in [0.2, 0.25) is 11.7 Å². The highest BCUT2D eigenvalue weighted by atomic mass is 19.4. The molecule has 1 fully saturated rings. The zero-order chi connectivity index (χ0) is 18.7. The average Bonchev–Trinajstić information content (AvgIpc) is 3.01. The molecule has 0 bridgehead atoms. The first-order valence-electron chi connectivity index (χ1n) is 8.38. The van der Waals surface area contributed by atoms with E-state index in [9.17, 15) is 18.0 Å². The molecule has 2 amide bonds. The lowest BCUT2D eigenvalue weighted by atomic mass is 9.84. The maximum absolute atomic E-state index is 13.1. The van der Waals surface area contributed by atoms with E-state index in [-0.39, 0.29) is 6.42 Å². The van der Waals surface area contributed by atoms with E-state index in [0.29, 0.717) is 42.2 Å². The van der Waals surface area contributed by atoms with E-state index < -0.39 is 24.2 Å². The number of amides is 2. The lowest BCUT2D eigenvalue weighted by molar-refractivity contribution is -0.187. The van der Waals surface area contributed by atoms with Crippen molar-refractivity contribution in [3.8, 4) is 11.4 Å². The summed E-state index contributed by atoms with van der Waals surface area (Å²) in [4.78, 5) is 16.3. The predicted molar refractivity (Wildman–Crippen MR) is 88.4 cm³/mol. The molecular formula is C17H19F3N4O2. The van der Waals surface area contributed by atoms with E-state index in [4.69, 9.17) is 4.52 Å². The number of aryl methyl sites for hydroxylation is 1. The first-order chi connectivity index (χ1) is 12.3. The molecular weight excluding hydrogens is 349 g/mol. The summed E-state index contributed by atoms with van der Waals surface area (Å²) in [7, 11) is 0. The largest absolute Gasteiger partial charge is 0.393 e. The van der Waals surface area contributed by atoms with Crippen LogP contribution in [0.4, 0.5) is 23.7 Å². The third-order valence-electron chi connectivity index (χ3n) is 4.41. The van der Waals surface area contributed by atoms with Crippen LogP contribution in [-0.4, -0.2) is 28.4 Å². The Labute approximate surface area is 148 Å². The molecule has 6 nitrogen and oxygen atoms in total. The van der Waals surface area contributed by atoms with Gasteiger partial charge in [-0.25, -0.2) is 4.79 Å². The van der Waals surface area contributed by atoms with Crippen LogP contribution >= 0.6 is 0 Å². The summed E-state index contributed by atoms with van der Waals surface area (Å²) in [5.74, 6) is -0.724. The van der Waals surface area contributed by atoms with Crippen molar-refractivity contribution in [2.75, 3.05) is 5.32 Å². The van der Waals surface area contributed by atoms with Crippen LogP contribution in [0.15, 0.2) is 28.8 Å². The van der Waals surface area contributed by atoms with Crippen LogP contribution in [0.1, 0.15) is 31.6 Å². The Morgan fingerprint density at radius 1 is 1.27 bits per heavy atom. The number of alkyl halides is 3. The first kappa shape index (κ1) is 18.2. The molecule has 3 rings (SSSR count). The standard InChI is InChI=1S/C17H19F3N4O2/c1-10-21-15(24-26-10)11-5-4-6-12(9-11)22-16(25)23-14-8-3-2-7-13(14)17(18,19)20/h4-6,9,13-14H,2-3,7-8H2,1H3,(H2,22,23,25)/t13-,14-/m0/s1. The van der Waals surface area contributed by atoms with E-state index in [1.165, 1.54) is 0 Å². The zero-order valence-corrected chi connectivity index (χ0v) is 14.1. The van der Waals surface area contributed by atoms with Crippen LogP contribution < -0.4 is 10.6 Å². The highest BCUT2D eigenvalue weighted by Gasteiger charge is 2.45. The van der Waals surface area contributed by atoms with E-state index in [1.54, 1.807) is 31.2 Å². The van der Waals surface area contributed by atoms with Crippen LogP contribution in [-0.2, 0) is 0 Å². The molecule has 2 atom stereocenters. The molecule has 1 aliphatic carbocycles. The number of carbonyl (C=O) groups excluding carboxylic acids is 1. The quantitative estimate of drug-likeness (QED) is 0.847. The molecule has 0 aliphatic heterocycles. The molecule has 1 saturated carbocycles. The number of aromatic nitrogens is 2. The number of hydrogen-bond donors (Lipinski definition) is 2. The third-order valence-corrected chi connectivity index (χ3v) is 4.41. The Hall–Kier alpha value is -2.58. The molecule has 2 aromatic rings. The van der Waals surface area contributed by atoms with E-state index in [2.05, 4.69) is 20.8 Å². The number of benzene rings is 1. The van der Waals surface area contributed by atoms with Gasteiger partial charge in [0, 0.05) is 24.2 Å². The van der Waals surface area contributed by atoms with Crippen molar-refractivity contribution in [3.05, 3.63) is 30.2 Å². The summed E-state index contributed by atoms with van der Waals surface area (Å²) in [6, 6.07) is 5.13. The molecule has 2 N–H and O–H groups in total. The summed E-state index contributed by atoms with van der Waals surface area (Å²) < 4.78 is 44.3. The zero-order valence-electron chi connectivity index (χ0n) is 14.1. The molecule has 0 unspecified atom stereocenters. The lowest BCUT2D eigenvalue weighted by Crippen LogP contribution is -2.48. The summed E-state index contributed by atoms with van der Waals surface area (Å²) >= 11 is 0. The van der Waals surface area contributed by atoms with Gasteiger partial charge in [-0.3, -0.25) is 0 Å². The molecule has 0 spiro atoms. The number of anilines is 1. The highest BCUT2D eigenvalue weighted by molar-refractivity contribution is 5.90. The Kier molecular flexibility index (Phi) is 5.15. The molecule has 140 valence electrons. The second-order valence-electron chi connectivity index (χ2n) is 6.36. The Balaban J connectivity index is 1.66. The minimum absolute atomic E-state index is 0.0428. The molecule has 9 heteroatoms. The molecule has 0 radical (unpaired) electrons. The Morgan fingerprint density at radius 3 is 2.73 bits per heavy atom. The van der Waals surface area contributed by atoms with Crippen LogP contribution in [0, 0.1) is 12.8 Å². The minimum atomic E-state index is -4.31. The van der Waals surface area contributed by atoms with Crippen molar-refractivity contribution in [3.63, 3.8) is 0 Å². The van der Waals surface area contributed by atoms with Gasteiger partial charge in [0.25, 0.3) is 0 Å². The summed E-state index contributed by atoms with van der Waals surface area (Å²) in [6.45, 7) is 1.66. The smallest absolute Gasteiger partial charge is 0.339 e. The van der Waals surface area contributed by atoms with Crippen LogP contribution in [0.2, 0.25) is 0 Å². The van der Waals surface area contributed by atoms with E-state index in [0.717, 1.165) is 0 Å². The fraction of sp³-hybridized carbons (Fsp3) is 0.471. The van der Waals surface area contributed by atoms with Crippen molar-refractivity contribution >= 4 is 11.7 Å². The van der Waals surface area contributed by atoms with Crippen LogP contribution in [0.25, 0.3) is 11.4 Å². The van der Waals surface area contributed by atoms with Crippen LogP contribution in [0.5, 0.6) is 0 Å². The minimum Gasteiger partial charge on any atom is -0.339 e. The van der Waals surface area contributed by atoms with Gasteiger partial charge in [0.15, 0.2) is 0 Å². The van der Waals surface area contributed by atoms with Gasteiger partial charge in [-0.2, -0.15) is 18.2 Å². The number of hydrogen-bond acceptors (Lipinski definition) is 4. The number of halogens is 3. The Bertz CT molecular complexity index is 775. The number of urea groups is 1. The van der Waals surface area contributed by atoms with Gasteiger partial charge < -0.3 is 15.2 Å². The Morgan fingerprint density at radius 2 is 2.04 bits per heavy atom. The second kappa shape index (κ2) is 7.35. The summed E-state index contributed by atoms with van der Waals surface area (Å²) in [6.07, 6.45) is -2.75. The normalized spacial score (nSPS) is 20.6. The van der Waals surface area contributed by atoms with Crippen molar-refractivity contribution in [2.45, 2.75) is 44.8 Å². The molecule has 0 saturated heterocycles. The van der Waals surface area contributed by atoms with Gasteiger partial charge in [0.1, 0.15) is 0 Å². The van der Waals surface area contributed by atoms with Crippen molar-refractivity contribution < 1.29 is 22.5 Å². The molecule has 1 aromatic carbocycles. The highest BCUT2D eigenvalue weighted by Crippen LogP contribution is 2.37. The van der Waals surface area contributed by atoms with Gasteiger partial charge in [-0.15, -0.1) is 0 Å². The third kappa shape index (κ3) is 4.33. The second-order valence-corrected chi connectivity index (χ2v) is 6.36. The SMILES string of the molecule is Cc1nc(-c2cccc(NC(=O)N[C@H]3CCCC[C@@H]3C(F)(F)F)c2)no1. The molecule has 1 heterocycles. The number of nitrogens with one attached hydrogen (secondary N) is 2. The van der Waals surface area contributed by atoms with Crippen LogP contribution in [0.3, 0.4) is 0 Å². The molecule has 26 heavy (non-hydrogen) atoms. The predicted octanol–water partition coefficient (Wildman–Crippen LogP) is 4.29. The molecule has 1 aliphatic rings. The first-order valence-corrected chi connectivity index (χ1v) is 8.38. The van der Waals surface area contributed by atoms with Crippen molar-refractivity contribution in [1.82, 2.24) is 15.5 Å². The monoisotopic (exact) mass is 368 g/mol. The van der Waals surface area contributed by atoms with E-state index >= 15 is 0 Å². The van der Waals surface area contributed by atoms with Gasteiger partial charge in [-0.1, -0.05) is 30.1 Å². The fourth-order valence-corrected chi connectivity index (χ4v) is 3.18. The van der Waals surface area contributed by atoms with Crippen molar-refractivity contribution in [1.29, 1.82) is 0 Å². The lowest BCUT2D eigenvalue weighted by Gasteiger charge is -2.33. The number of nitrogens with zero attached hydrogens (tertiary/aromatic N) is 2. The van der Waals surface area contributed by atoms with Gasteiger partial charge >= 0.3 is 12.2 Å². The number of carbonyl (C=O) groups is 1. The summed E-state index contributed by atoms with van der Waals surface area (Å²) in [5.41, 5.74) is 1.06. The average molecular weight is 368 g/mol.